The van der Waals surface area contributed by atoms with Gasteiger partial charge in [0.25, 0.3) is 0 Å². The third kappa shape index (κ3) is 4.00. The standard InChI is InChI=1S/C17H25N3O.ClH/c1-14-4-2-3-5-15(14)12-17(21)20-10-8-19(9-11-20)16-6-7-18-13-16;/h2-5,16,18H,6-13H2,1H3;1H. The summed E-state index contributed by atoms with van der Waals surface area (Å²) in [5.74, 6) is 0.272. The molecular formula is C17H26ClN3O. The van der Waals surface area contributed by atoms with Crippen LogP contribution < -0.4 is 5.32 Å². The van der Waals surface area contributed by atoms with E-state index in [0.717, 1.165) is 44.8 Å². The van der Waals surface area contributed by atoms with Crippen molar-refractivity contribution >= 4 is 18.3 Å². The van der Waals surface area contributed by atoms with Gasteiger partial charge in [0.05, 0.1) is 6.42 Å². The van der Waals surface area contributed by atoms with Crippen molar-refractivity contribution in [3.05, 3.63) is 35.4 Å². The lowest BCUT2D eigenvalue weighted by molar-refractivity contribution is -0.132. The Hall–Kier alpha value is -1.10. The van der Waals surface area contributed by atoms with Gasteiger partial charge in [0.1, 0.15) is 0 Å². The van der Waals surface area contributed by atoms with Crippen LogP contribution in [0.5, 0.6) is 0 Å². The number of piperazine rings is 1. The Morgan fingerprint density at radius 3 is 2.59 bits per heavy atom. The number of aryl methyl sites for hydroxylation is 1. The van der Waals surface area contributed by atoms with Crippen molar-refractivity contribution in [2.75, 3.05) is 39.3 Å². The molecule has 22 heavy (non-hydrogen) atoms. The Morgan fingerprint density at radius 2 is 1.95 bits per heavy atom. The van der Waals surface area contributed by atoms with Crippen molar-refractivity contribution in [1.82, 2.24) is 15.1 Å². The minimum atomic E-state index is 0. The molecule has 1 unspecified atom stereocenters. The Morgan fingerprint density at radius 1 is 1.23 bits per heavy atom. The Balaban J connectivity index is 0.00000176. The Labute approximate surface area is 139 Å². The van der Waals surface area contributed by atoms with Crippen LogP contribution in [-0.4, -0.2) is 61.0 Å². The van der Waals surface area contributed by atoms with E-state index < -0.39 is 0 Å². The molecule has 0 spiro atoms. The van der Waals surface area contributed by atoms with E-state index in [-0.39, 0.29) is 18.3 Å². The first-order valence-corrected chi connectivity index (χ1v) is 8.01. The summed E-state index contributed by atoms with van der Waals surface area (Å²) >= 11 is 0. The molecule has 3 rings (SSSR count). The summed E-state index contributed by atoms with van der Waals surface area (Å²) in [7, 11) is 0. The lowest BCUT2D eigenvalue weighted by Gasteiger charge is -2.37. The zero-order valence-electron chi connectivity index (χ0n) is 13.3. The van der Waals surface area contributed by atoms with Gasteiger partial charge in [0.15, 0.2) is 0 Å². The SMILES string of the molecule is Cc1ccccc1CC(=O)N1CCN(C2CCNC2)CC1.Cl. The van der Waals surface area contributed by atoms with Crippen molar-refractivity contribution in [2.45, 2.75) is 25.8 Å². The summed E-state index contributed by atoms with van der Waals surface area (Å²) in [6.45, 7) is 8.11. The average molecular weight is 324 g/mol. The molecule has 1 N–H and O–H groups in total. The smallest absolute Gasteiger partial charge is 0.227 e. The number of hydrogen-bond acceptors (Lipinski definition) is 3. The number of rotatable bonds is 3. The number of halogens is 1. The molecule has 0 aliphatic carbocycles. The molecule has 1 aromatic rings. The third-order valence-electron chi connectivity index (χ3n) is 4.82. The van der Waals surface area contributed by atoms with Crippen molar-refractivity contribution in [3.8, 4) is 0 Å². The molecule has 0 radical (unpaired) electrons. The molecule has 5 heteroatoms. The van der Waals surface area contributed by atoms with Crippen LogP contribution in [-0.2, 0) is 11.2 Å². The topological polar surface area (TPSA) is 35.6 Å². The molecule has 0 bridgehead atoms. The highest BCUT2D eigenvalue weighted by Crippen LogP contribution is 2.14. The zero-order chi connectivity index (χ0) is 14.7. The van der Waals surface area contributed by atoms with Gasteiger partial charge in [0, 0.05) is 38.8 Å². The van der Waals surface area contributed by atoms with Crippen molar-refractivity contribution in [2.24, 2.45) is 0 Å². The second-order valence-corrected chi connectivity index (χ2v) is 6.17. The van der Waals surface area contributed by atoms with E-state index >= 15 is 0 Å². The minimum absolute atomic E-state index is 0. The number of nitrogens with zero attached hydrogens (tertiary/aromatic N) is 2. The average Bonchev–Trinajstić information content (AvgIpc) is 3.04. The maximum absolute atomic E-state index is 12.4. The van der Waals surface area contributed by atoms with Crippen molar-refractivity contribution < 1.29 is 4.79 Å². The molecule has 1 amide bonds. The molecule has 0 aromatic heterocycles. The molecule has 4 nitrogen and oxygen atoms in total. The van der Waals surface area contributed by atoms with Gasteiger partial charge in [-0.3, -0.25) is 9.69 Å². The van der Waals surface area contributed by atoms with Crippen LogP contribution >= 0.6 is 12.4 Å². The van der Waals surface area contributed by atoms with E-state index in [1.807, 2.05) is 17.0 Å². The molecule has 1 aromatic carbocycles. The van der Waals surface area contributed by atoms with Gasteiger partial charge in [-0.15, -0.1) is 12.4 Å². The van der Waals surface area contributed by atoms with Gasteiger partial charge < -0.3 is 10.2 Å². The first kappa shape index (κ1) is 17.3. The molecule has 2 aliphatic heterocycles. The first-order chi connectivity index (χ1) is 10.2. The normalized spacial score (nSPS) is 22.4. The third-order valence-corrected chi connectivity index (χ3v) is 4.82. The van der Waals surface area contributed by atoms with Crippen LogP contribution in [0.1, 0.15) is 17.5 Å². The van der Waals surface area contributed by atoms with Crippen molar-refractivity contribution in [3.63, 3.8) is 0 Å². The Kier molecular flexibility index (Phi) is 6.24. The minimum Gasteiger partial charge on any atom is -0.340 e. The van der Waals surface area contributed by atoms with Crippen LogP contribution in [0.2, 0.25) is 0 Å². The molecular weight excluding hydrogens is 298 g/mol. The van der Waals surface area contributed by atoms with E-state index in [9.17, 15) is 4.79 Å². The number of carbonyl (C=O) groups excluding carboxylic acids is 1. The monoisotopic (exact) mass is 323 g/mol. The number of benzene rings is 1. The highest BCUT2D eigenvalue weighted by molar-refractivity contribution is 5.85. The van der Waals surface area contributed by atoms with E-state index in [0.29, 0.717) is 12.5 Å². The Bertz CT molecular complexity index is 494. The molecule has 0 saturated carbocycles. The van der Waals surface area contributed by atoms with Crippen molar-refractivity contribution in [1.29, 1.82) is 0 Å². The van der Waals surface area contributed by atoms with Gasteiger partial charge in [-0.25, -0.2) is 0 Å². The second-order valence-electron chi connectivity index (χ2n) is 6.17. The second kappa shape index (κ2) is 7.95. The van der Waals surface area contributed by atoms with Gasteiger partial charge in [0.2, 0.25) is 5.91 Å². The lowest BCUT2D eigenvalue weighted by atomic mass is 10.0. The van der Waals surface area contributed by atoms with Crippen LogP contribution in [0.25, 0.3) is 0 Å². The molecule has 122 valence electrons. The number of nitrogens with one attached hydrogen (secondary N) is 1. The summed E-state index contributed by atoms with van der Waals surface area (Å²) in [6, 6.07) is 8.86. The fourth-order valence-corrected chi connectivity index (χ4v) is 3.37. The summed E-state index contributed by atoms with van der Waals surface area (Å²) in [5.41, 5.74) is 2.37. The maximum Gasteiger partial charge on any atom is 0.227 e. The highest BCUT2D eigenvalue weighted by atomic mass is 35.5. The van der Waals surface area contributed by atoms with Crippen LogP contribution in [0.3, 0.4) is 0 Å². The summed E-state index contributed by atoms with van der Waals surface area (Å²) in [6.07, 6.45) is 1.79. The first-order valence-electron chi connectivity index (χ1n) is 8.01. The molecule has 2 saturated heterocycles. The van der Waals surface area contributed by atoms with E-state index in [1.165, 1.54) is 12.0 Å². The largest absolute Gasteiger partial charge is 0.340 e. The number of amides is 1. The predicted octanol–water partition coefficient (Wildman–Crippen LogP) is 1.47. The van der Waals surface area contributed by atoms with Crippen LogP contribution in [0.4, 0.5) is 0 Å². The van der Waals surface area contributed by atoms with Gasteiger partial charge >= 0.3 is 0 Å². The quantitative estimate of drug-likeness (QED) is 0.915. The van der Waals surface area contributed by atoms with Gasteiger partial charge in [-0.05, 0) is 31.0 Å². The molecule has 2 fully saturated rings. The number of carbonyl (C=O) groups is 1. The summed E-state index contributed by atoms with van der Waals surface area (Å²) in [4.78, 5) is 17.0. The molecule has 2 heterocycles. The lowest BCUT2D eigenvalue weighted by Crippen LogP contribution is -2.52. The molecule has 2 aliphatic rings. The fraction of sp³-hybridized carbons (Fsp3) is 0.588. The van der Waals surface area contributed by atoms with Gasteiger partial charge in [-0.2, -0.15) is 0 Å². The van der Waals surface area contributed by atoms with Crippen LogP contribution in [0, 0.1) is 6.92 Å². The highest BCUT2D eigenvalue weighted by Gasteiger charge is 2.27. The van der Waals surface area contributed by atoms with E-state index in [1.54, 1.807) is 0 Å². The summed E-state index contributed by atoms with van der Waals surface area (Å²) < 4.78 is 0. The molecule has 1 atom stereocenters. The van der Waals surface area contributed by atoms with Gasteiger partial charge in [-0.1, -0.05) is 24.3 Å². The fourth-order valence-electron chi connectivity index (χ4n) is 3.37. The van der Waals surface area contributed by atoms with Crippen LogP contribution in [0.15, 0.2) is 24.3 Å². The number of hydrogen-bond donors (Lipinski definition) is 1. The summed E-state index contributed by atoms with van der Waals surface area (Å²) in [5, 5.41) is 3.42. The van der Waals surface area contributed by atoms with E-state index in [2.05, 4.69) is 29.3 Å². The maximum atomic E-state index is 12.4. The predicted molar refractivity (Wildman–Crippen MR) is 91.6 cm³/mol. The van der Waals surface area contributed by atoms with E-state index in [4.69, 9.17) is 0 Å². The zero-order valence-corrected chi connectivity index (χ0v) is 14.1.